The molecule has 1 heterocycles. The SMILES string of the molecule is O=[N+]([O-])c1ccc(N(CCc2cccc(F)c2)C2CC2)nc1. The zero-order chi connectivity index (χ0) is 15.5. The van der Waals surface area contributed by atoms with Crippen LogP contribution < -0.4 is 4.90 Å². The zero-order valence-corrected chi connectivity index (χ0v) is 12.0. The van der Waals surface area contributed by atoms with Gasteiger partial charge in [-0.2, -0.15) is 0 Å². The average molecular weight is 301 g/mol. The standard InChI is InChI=1S/C16H16FN3O2/c17-13-3-1-2-12(10-13)8-9-19(14-4-5-14)16-7-6-15(11-18-16)20(21)22/h1-3,6-7,10-11,14H,4-5,8-9H2. The van der Waals surface area contributed by atoms with Gasteiger partial charge in [0.1, 0.15) is 17.8 Å². The molecule has 22 heavy (non-hydrogen) atoms. The molecule has 114 valence electrons. The third kappa shape index (κ3) is 3.39. The molecule has 6 heteroatoms. The van der Waals surface area contributed by atoms with Gasteiger partial charge in [-0.25, -0.2) is 9.37 Å². The maximum absolute atomic E-state index is 13.2. The minimum absolute atomic E-state index is 0.00960. The number of rotatable bonds is 6. The van der Waals surface area contributed by atoms with Gasteiger partial charge in [-0.1, -0.05) is 12.1 Å². The molecule has 0 saturated heterocycles. The van der Waals surface area contributed by atoms with E-state index >= 15 is 0 Å². The predicted molar refractivity (Wildman–Crippen MR) is 81.4 cm³/mol. The molecule has 0 spiro atoms. The minimum atomic E-state index is -0.453. The van der Waals surface area contributed by atoms with Crippen LogP contribution in [0.4, 0.5) is 15.9 Å². The first-order chi connectivity index (χ1) is 10.6. The summed E-state index contributed by atoms with van der Waals surface area (Å²) in [5, 5.41) is 10.7. The second-order valence-electron chi connectivity index (χ2n) is 5.44. The van der Waals surface area contributed by atoms with Crippen molar-refractivity contribution in [2.75, 3.05) is 11.4 Å². The van der Waals surface area contributed by atoms with E-state index in [-0.39, 0.29) is 11.5 Å². The highest BCUT2D eigenvalue weighted by atomic mass is 19.1. The Kier molecular flexibility index (Phi) is 4.00. The second-order valence-corrected chi connectivity index (χ2v) is 5.44. The van der Waals surface area contributed by atoms with Gasteiger partial charge in [0.15, 0.2) is 0 Å². The van der Waals surface area contributed by atoms with Gasteiger partial charge in [0.05, 0.1) is 4.92 Å². The molecule has 1 saturated carbocycles. The molecule has 0 amide bonds. The van der Waals surface area contributed by atoms with E-state index in [1.807, 2.05) is 6.07 Å². The van der Waals surface area contributed by atoms with E-state index in [1.165, 1.54) is 24.4 Å². The molecule has 0 bridgehead atoms. The summed E-state index contributed by atoms with van der Waals surface area (Å²) in [6.07, 6.45) is 4.20. The predicted octanol–water partition coefficient (Wildman–Crippen LogP) is 3.34. The fourth-order valence-electron chi connectivity index (χ4n) is 2.47. The summed E-state index contributed by atoms with van der Waals surface area (Å²) in [6.45, 7) is 0.721. The van der Waals surface area contributed by atoms with Gasteiger partial charge in [-0.15, -0.1) is 0 Å². The number of halogens is 1. The first kappa shape index (κ1) is 14.4. The van der Waals surface area contributed by atoms with Crippen molar-refractivity contribution in [3.8, 4) is 0 Å². The Balaban J connectivity index is 1.71. The highest BCUT2D eigenvalue weighted by Crippen LogP contribution is 2.31. The molecule has 0 N–H and O–H groups in total. The van der Waals surface area contributed by atoms with Crippen molar-refractivity contribution in [2.45, 2.75) is 25.3 Å². The van der Waals surface area contributed by atoms with E-state index in [2.05, 4.69) is 9.88 Å². The van der Waals surface area contributed by atoms with Crippen molar-refractivity contribution < 1.29 is 9.31 Å². The van der Waals surface area contributed by atoms with Gasteiger partial charge >= 0.3 is 0 Å². The van der Waals surface area contributed by atoms with Crippen LogP contribution in [0.15, 0.2) is 42.6 Å². The van der Waals surface area contributed by atoms with E-state index in [1.54, 1.807) is 12.1 Å². The molecule has 1 aromatic carbocycles. The number of hydrogen-bond donors (Lipinski definition) is 0. The molecule has 0 aliphatic heterocycles. The normalized spacial score (nSPS) is 13.9. The number of nitrogens with zero attached hydrogens (tertiary/aromatic N) is 3. The highest BCUT2D eigenvalue weighted by Gasteiger charge is 2.29. The lowest BCUT2D eigenvalue weighted by Gasteiger charge is -2.23. The smallest absolute Gasteiger partial charge is 0.287 e. The number of pyridine rings is 1. The molecular formula is C16H16FN3O2. The summed E-state index contributed by atoms with van der Waals surface area (Å²) < 4.78 is 13.2. The van der Waals surface area contributed by atoms with E-state index in [9.17, 15) is 14.5 Å². The Morgan fingerprint density at radius 2 is 2.14 bits per heavy atom. The number of hydrogen-bond acceptors (Lipinski definition) is 4. The average Bonchev–Trinajstić information content (AvgIpc) is 3.33. The number of benzene rings is 1. The summed E-state index contributed by atoms with van der Waals surface area (Å²) in [7, 11) is 0. The first-order valence-electron chi connectivity index (χ1n) is 7.25. The summed E-state index contributed by atoms with van der Waals surface area (Å²) >= 11 is 0. The Bertz CT molecular complexity index is 671. The van der Waals surface area contributed by atoms with Crippen LogP contribution in [-0.4, -0.2) is 22.5 Å². The second kappa shape index (κ2) is 6.09. The van der Waals surface area contributed by atoms with Crippen LogP contribution in [0.3, 0.4) is 0 Å². The third-order valence-electron chi connectivity index (χ3n) is 3.76. The van der Waals surface area contributed by atoms with E-state index in [0.717, 1.165) is 30.8 Å². The van der Waals surface area contributed by atoms with Gasteiger partial charge in [0, 0.05) is 18.7 Å². The molecule has 1 aromatic heterocycles. The van der Waals surface area contributed by atoms with Crippen LogP contribution in [0.2, 0.25) is 0 Å². The fraction of sp³-hybridized carbons (Fsp3) is 0.312. The van der Waals surface area contributed by atoms with Gasteiger partial charge in [0.25, 0.3) is 5.69 Å². The number of nitro groups is 1. The van der Waals surface area contributed by atoms with Crippen molar-refractivity contribution in [3.05, 3.63) is 64.1 Å². The quantitative estimate of drug-likeness (QED) is 0.606. The Morgan fingerprint density at radius 3 is 2.73 bits per heavy atom. The molecule has 0 radical (unpaired) electrons. The van der Waals surface area contributed by atoms with Crippen LogP contribution in [0.5, 0.6) is 0 Å². The third-order valence-corrected chi connectivity index (χ3v) is 3.76. The molecule has 3 rings (SSSR count). The van der Waals surface area contributed by atoms with E-state index < -0.39 is 4.92 Å². The monoisotopic (exact) mass is 301 g/mol. The summed E-state index contributed by atoms with van der Waals surface area (Å²) in [5.74, 6) is 0.508. The first-order valence-corrected chi connectivity index (χ1v) is 7.25. The lowest BCUT2D eigenvalue weighted by Crippen LogP contribution is -2.29. The van der Waals surface area contributed by atoms with Crippen molar-refractivity contribution in [3.63, 3.8) is 0 Å². The summed E-state index contributed by atoms with van der Waals surface area (Å²) in [6, 6.07) is 10.2. The van der Waals surface area contributed by atoms with Crippen LogP contribution in [0, 0.1) is 15.9 Å². The topological polar surface area (TPSA) is 59.3 Å². The zero-order valence-electron chi connectivity index (χ0n) is 12.0. The summed E-state index contributed by atoms with van der Waals surface area (Å²) in [4.78, 5) is 16.6. The minimum Gasteiger partial charge on any atom is -0.353 e. The van der Waals surface area contributed by atoms with Crippen LogP contribution in [0.1, 0.15) is 18.4 Å². The maximum atomic E-state index is 13.2. The lowest BCUT2D eigenvalue weighted by molar-refractivity contribution is -0.385. The molecule has 1 aliphatic carbocycles. The fourth-order valence-corrected chi connectivity index (χ4v) is 2.47. The highest BCUT2D eigenvalue weighted by molar-refractivity contribution is 5.45. The van der Waals surface area contributed by atoms with E-state index in [0.29, 0.717) is 12.5 Å². The molecule has 1 aliphatic rings. The molecule has 5 nitrogen and oxygen atoms in total. The number of anilines is 1. The van der Waals surface area contributed by atoms with Crippen LogP contribution >= 0.6 is 0 Å². The van der Waals surface area contributed by atoms with Gasteiger partial charge in [-0.3, -0.25) is 10.1 Å². The maximum Gasteiger partial charge on any atom is 0.287 e. The van der Waals surface area contributed by atoms with Gasteiger partial charge in [0.2, 0.25) is 0 Å². The molecule has 0 unspecified atom stereocenters. The van der Waals surface area contributed by atoms with Crippen molar-refractivity contribution in [2.24, 2.45) is 0 Å². The molecular weight excluding hydrogens is 285 g/mol. The van der Waals surface area contributed by atoms with Crippen LogP contribution in [-0.2, 0) is 6.42 Å². The summed E-state index contributed by atoms with van der Waals surface area (Å²) in [5.41, 5.74) is 0.928. The Morgan fingerprint density at radius 1 is 1.32 bits per heavy atom. The molecule has 0 atom stereocenters. The van der Waals surface area contributed by atoms with Gasteiger partial charge in [-0.05, 0) is 43.0 Å². The van der Waals surface area contributed by atoms with Crippen molar-refractivity contribution >= 4 is 11.5 Å². The van der Waals surface area contributed by atoms with Crippen molar-refractivity contribution in [1.82, 2.24) is 4.98 Å². The Hall–Kier alpha value is -2.50. The van der Waals surface area contributed by atoms with Gasteiger partial charge < -0.3 is 4.90 Å². The number of aromatic nitrogens is 1. The Labute approximate surface area is 127 Å². The van der Waals surface area contributed by atoms with Crippen LogP contribution in [0.25, 0.3) is 0 Å². The van der Waals surface area contributed by atoms with Crippen molar-refractivity contribution in [1.29, 1.82) is 0 Å². The largest absolute Gasteiger partial charge is 0.353 e. The van der Waals surface area contributed by atoms with E-state index in [4.69, 9.17) is 0 Å². The molecule has 2 aromatic rings. The molecule has 1 fully saturated rings. The lowest BCUT2D eigenvalue weighted by atomic mass is 10.1.